The van der Waals surface area contributed by atoms with Crippen molar-refractivity contribution in [1.29, 1.82) is 0 Å². The van der Waals surface area contributed by atoms with Crippen molar-refractivity contribution < 1.29 is 43.9 Å². The van der Waals surface area contributed by atoms with Gasteiger partial charge in [0.25, 0.3) is 0 Å². The Bertz CT molecular complexity index is 938. The SMILES string of the molecule is C=C1C(=O)O[C@H]2/C=C(/C)[C@H](O)C/C=C(\C)C[C@@H](OC(=O)/C(=C/CO)COC(=O)/C(=C/C)CO)[C@@H]12. The number of esters is 3. The summed E-state index contributed by atoms with van der Waals surface area (Å²) in [5.74, 6) is -2.95. The minimum Gasteiger partial charge on any atom is -0.458 e. The summed E-state index contributed by atoms with van der Waals surface area (Å²) in [5.41, 5.74) is 1.52. The first-order valence-electron chi connectivity index (χ1n) is 11.0. The van der Waals surface area contributed by atoms with Crippen LogP contribution in [0.5, 0.6) is 0 Å². The molecule has 2 aliphatic rings. The Hall–Kier alpha value is -3.01. The molecule has 0 bridgehead atoms. The van der Waals surface area contributed by atoms with E-state index in [2.05, 4.69) is 6.58 Å². The van der Waals surface area contributed by atoms with Gasteiger partial charge in [-0.25, -0.2) is 14.4 Å². The highest BCUT2D eigenvalue weighted by molar-refractivity contribution is 5.93. The van der Waals surface area contributed by atoms with Gasteiger partial charge in [-0.3, -0.25) is 0 Å². The molecular weight excluding hydrogens is 444 g/mol. The number of aliphatic hydroxyl groups excluding tert-OH is 3. The van der Waals surface area contributed by atoms with Crippen LogP contribution in [0.25, 0.3) is 0 Å². The minimum atomic E-state index is -0.840. The van der Waals surface area contributed by atoms with Gasteiger partial charge in [-0.15, -0.1) is 0 Å². The number of ether oxygens (including phenoxy) is 3. The van der Waals surface area contributed by atoms with Crippen molar-refractivity contribution >= 4 is 17.9 Å². The van der Waals surface area contributed by atoms with Crippen molar-refractivity contribution in [3.63, 3.8) is 0 Å². The first kappa shape index (κ1) is 27.2. The third-order valence-electron chi connectivity index (χ3n) is 5.83. The second-order valence-electron chi connectivity index (χ2n) is 8.24. The molecular formula is C25H32O9. The van der Waals surface area contributed by atoms with Crippen LogP contribution in [-0.4, -0.2) is 71.4 Å². The van der Waals surface area contributed by atoms with Gasteiger partial charge in [-0.05, 0) is 44.9 Å². The lowest BCUT2D eigenvalue weighted by Gasteiger charge is -2.28. The highest BCUT2D eigenvalue weighted by Crippen LogP contribution is 2.36. The van der Waals surface area contributed by atoms with Crippen molar-refractivity contribution in [2.75, 3.05) is 19.8 Å². The third kappa shape index (κ3) is 6.75. The maximum absolute atomic E-state index is 13.0. The monoisotopic (exact) mass is 476 g/mol. The van der Waals surface area contributed by atoms with Crippen LogP contribution in [0.3, 0.4) is 0 Å². The third-order valence-corrected chi connectivity index (χ3v) is 5.83. The largest absolute Gasteiger partial charge is 0.458 e. The summed E-state index contributed by atoms with van der Waals surface area (Å²) in [6.07, 6.45) is 4.28. The number of aliphatic hydroxyl groups is 3. The maximum Gasteiger partial charge on any atom is 0.337 e. The van der Waals surface area contributed by atoms with Gasteiger partial charge in [0.2, 0.25) is 0 Å². The summed E-state index contributed by atoms with van der Waals surface area (Å²) in [7, 11) is 0. The fourth-order valence-electron chi connectivity index (χ4n) is 3.73. The fourth-order valence-corrected chi connectivity index (χ4v) is 3.73. The van der Waals surface area contributed by atoms with Crippen LogP contribution in [0.2, 0.25) is 0 Å². The molecule has 0 aromatic rings. The molecule has 0 aromatic heterocycles. The van der Waals surface area contributed by atoms with E-state index in [0.717, 1.165) is 11.6 Å². The van der Waals surface area contributed by atoms with E-state index in [9.17, 15) is 29.7 Å². The second kappa shape index (κ2) is 12.5. The van der Waals surface area contributed by atoms with Gasteiger partial charge in [-0.1, -0.05) is 24.3 Å². The van der Waals surface area contributed by atoms with Crippen molar-refractivity contribution in [3.05, 3.63) is 58.7 Å². The highest BCUT2D eigenvalue weighted by Gasteiger charge is 2.44. The molecule has 0 amide bonds. The van der Waals surface area contributed by atoms with E-state index in [-0.39, 0.29) is 23.1 Å². The van der Waals surface area contributed by atoms with E-state index < -0.39 is 62.0 Å². The van der Waals surface area contributed by atoms with E-state index in [4.69, 9.17) is 14.2 Å². The molecule has 4 atom stereocenters. The number of hydrogen-bond donors (Lipinski definition) is 3. The molecule has 9 nitrogen and oxygen atoms in total. The normalized spacial score (nSPS) is 29.2. The first-order chi connectivity index (χ1) is 16.1. The number of fused-ring (bicyclic) bond motifs is 1. The van der Waals surface area contributed by atoms with E-state index in [1.165, 1.54) is 6.08 Å². The Morgan fingerprint density at radius 2 is 1.94 bits per heavy atom. The molecule has 2 rings (SSSR count). The molecule has 3 N–H and O–H groups in total. The molecule has 1 aliphatic carbocycles. The number of carbonyl (C=O) groups excluding carboxylic acids is 3. The van der Waals surface area contributed by atoms with E-state index in [1.807, 2.05) is 13.0 Å². The molecule has 1 saturated heterocycles. The molecule has 0 saturated carbocycles. The van der Waals surface area contributed by atoms with Gasteiger partial charge in [0.15, 0.2) is 0 Å². The van der Waals surface area contributed by atoms with Gasteiger partial charge >= 0.3 is 17.9 Å². The number of hydrogen-bond acceptors (Lipinski definition) is 9. The molecule has 9 heteroatoms. The maximum atomic E-state index is 13.0. The smallest absolute Gasteiger partial charge is 0.337 e. The average molecular weight is 477 g/mol. The first-order valence-corrected chi connectivity index (χ1v) is 11.0. The number of carbonyl (C=O) groups is 3. The molecule has 1 fully saturated rings. The Labute approximate surface area is 198 Å². The van der Waals surface area contributed by atoms with Crippen molar-refractivity contribution in [3.8, 4) is 0 Å². The van der Waals surface area contributed by atoms with Crippen LogP contribution in [0.1, 0.15) is 33.6 Å². The Morgan fingerprint density at radius 1 is 1.24 bits per heavy atom. The van der Waals surface area contributed by atoms with Crippen molar-refractivity contribution in [1.82, 2.24) is 0 Å². The molecule has 1 heterocycles. The minimum absolute atomic E-state index is 0.0231. The van der Waals surface area contributed by atoms with Crippen LogP contribution in [-0.2, 0) is 28.6 Å². The van der Waals surface area contributed by atoms with Gasteiger partial charge in [0.05, 0.1) is 36.4 Å². The zero-order valence-electron chi connectivity index (χ0n) is 19.7. The molecule has 0 unspecified atom stereocenters. The number of allylic oxidation sites excluding steroid dienone is 1. The summed E-state index contributed by atoms with van der Waals surface area (Å²) in [6, 6.07) is 0. The summed E-state index contributed by atoms with van der Waals surface area (Å²) in [6.45, 7) is 7.43. The lowest BCUT2D eigenvalue weighted by atomic mass is 9.85. The Balaban J connectivity index is 2.30. The predicted octanol–water partition coefficient (Wildman–Crippen LogP) is 1.44. The predicted molar refractivity (Wildman–Crippen MR) is 122 cm³/mol. The molecule has 186 valence electrons. The van der Waals surface area contributed by atoms with Crippen molar-refractivity contribution in [2.45, 2.75) is 51.9 Å². The Morgan fingerprint density at radius 3 is 2.56 bits per heavy atom. The van der Waals surface area contributed by atoms with Crippen LogP contribution < -0.4 is 0 Å². The fraction of sp³-hybridized carbons (Fsp3) is 0.480. The Kier molecular flexibility index (Phi) is 9.97. The van der Waals surface area contributed by atoms with Gasteiger partial charge in [0, 0.05) is 12.0 Å². The van der Waals surface area contributed by atoms with Crippen LogP contribution in [0.4, 0.5) is 0 Å². The summed E-state index contributed by atoms with van der Waals surface area (Å²) in [5, 5.41) is 28.9. The van der Waals surface area contributed by atoms with Gasteiger partial charge in [-0.2, -0.15) is 0 Å². The lowest BCUT2D eigenvalue weighted by Crippen LogP contribution is -2.34. The van der Waals surface area contributed by atoms with Crippen LogP contribution >= 0.6 is 0 Å². The van der Waals surface area contributed by atoms with Crippen LogP contribution in [0, 0.1) is 5.92 Å². The molecule has 0 spiro atoms. The summed E-state index contributed by atoms with van der Waals surface area (Å²) < 4.78 is 16.2. The average Bonchev–Trinajstić information content (AvgIpc) is 3.07. The molecule has 1 aliphatic heterocycles. The van der Waals surface area contributed by atoms with Gasteiger partial charge < -0.3 is 29.5 Å². The molecule has 0 aromatic carbocycles. The zero-order valence-corrected chi connectivity index (χ0v) is 19.7. The molecule has 0 radical (unpaired) electrons. The highest BCUT2D eigenvalue weighted by atomic mass is 16.6. The zero-order chi connectivity index (χ0) is 25.4. The topological polar surface area (TPSA) is 140 Å². The standard InChI is InChI=1S/C25H32O9/c1-5-17(12-27)24(30)32-13-18(8-9-26)25(31)34-20-10-14(2)6-7-19(28)15(3)11-21-22(20)16(4)23(29)33-21/h5-6,8,11,19-22,26-28H,4,7,9-10,12-13H2,1-3H3/b14-6+,15-11-,17-5+,18-8+/t19-,20-,21+,22-/m1/s1. The van der Waals surface area contributed by atoms with Crippen LogP contribution in [0.15, 0.2) is 58.7 Å². The second-order valence-corrected chi connectivity index (χ2v) is 8.24. The number of rotatable bonds is 7. The molecule has 34 heavy (non-hydrogen) atoms. The van der Waals surface area contributed by atoms with E-state index in [0.29, 0.717) is 12.0 Å². The van der Waals surface area contributed by atoms with Crippen molar-refractivity contribution in [2.24, 2.45) is 5.92 Å². The van der Waals surface area contributed by atoms with Gasteiger partial charge in [0.1, 0.15) is 18.8 Å². The summed E-state index contributed by atoms with van der Waals surface area (Å²) in [4.78, 5) is 37.3. The lowest BCUT2D eigenvalue weighted by molar-refractivity contribution is -0.148. The van der Waals surface area contributed by atoms with E-state index >= 15 is 0 Å². The van der Waals surface area contributed by atoms with E-state index in [1.54, 1.807) is 19.9 Å². The summed E-state index contributed by atoms with van der Waals surface area (Å²) >= 11 is 0. The quantitative estimate of drug-likeness (QED) is 0.215.